The molecule has 0 atom stereocenters. The van der Waals surface area contributed by atoms with Crippen molar-refractivity contribution in [2.24, 2.45) is 0 Å². The van der Waals surface area contributed by atoms with E-state index < -0.39 is 5.97 Å². The van der Waals surface area contributed by atoms with Gasteiger partial charge in [0, 0.05) is 13.6 Å². The smallest absolute Gasteiger partial charge is 0.340 e. The number of nitrogens with zero attached hydrogens (tertiary/aromatic N) is 2. The van der Waals surface area contributed by atoms with Gasteiger partial charge in [-0.15, -0.1) is 0 Å². The first-order valence-corrected chi connectivity index (χ1v) is 6.62. The van der Waals surface area contributed by atoms with Crippen LogP contribution in [-0.2, 0) is 11.3 Å². The molecule has 0 fully saturated rings. The van der Waals surface area contributed by atoms with Crippen molar-refractivity contribution in [1.82, 2.24) is 4.98 Å². The number of ether oxygens (including phenoxy) is 1. The average molecular weight is 277 g/mol. The second-order valence-electron chi connectivity index (χ2n) is 4.11. The summed E-state index contributed by atoms with van der Waals surface area (Å²) in [5.74, 6) is 0.228. The van der Waals surface area contributed by atoms with Gasteiger partial charge >= 0.3 is 5.97 Å². The van der Waals surface area contributed by atoms with Crippen molar-refractivity contribution in [1.29, 1.82) is 0 Å². The Balaban J connectivity index is 2.22. The van der Waals surface area contributed by atoms with Crippen molar-refractivity contribution >= 4 is 28.8 Å². The molecule has 0 radical (unpaired) electrons. The van der Waals surface area contributed by atoms with Crippen LogP contribution in [0.2, 0.25) is 0 Å². The van der Waals surface area contributed by atoms with E-state index in [-0.39, 0.29) is 0 Å². The van der Waals surface area contributed by atoms with Crippen molar-refractivity contribution in [3.05, 3.63) is 40.2 Å². The molecule has 0 saturated carbocycles. The van der Waals surface area contributed by atoms with Gasteiger partial charge in [-0.25, -0.2) is 9.78 Å². The molecule has 19 heavy (non-hydrogen) atoms. The predicted molar refractivity (Wildman–Crippen MR) is 76.4 cm³/mol. The first-order chi connectivity index (χ1) is 9.11. The molecular weight excluding hydrogens is 262 g/mol. The van der Waals surface area contributed by atoms with Gasteiger partial charge in [0.2, 0.25) is 0 Å². The molecule has 2 heterocycles. The Labute approximate surface area is 115 Å². The van der Waals surface area contributed by atoms with Crippen LogP contribution in [0.5, 0.6) is 0 Å². The Hall–Kier alpha value is -2.08. The summed E-state index contributed by atoms with van der Waals surface area (Å²) < 4.78 is 4.69. The predicted octanol–water partition coefficient (Wildman–Crippen LogP) is 2.15. The zero-order valence-electron chi connectivity index (χ0n) is 10.8. The minimum absolute atomic E-state index is 0.319. The molecule has 0 bridgehead atoms. The largest absolute Gasteiger partial charge is 0.465 e. The number of methoxy groups -OCH3 is 1. The number of aromatic nitrogens is 1. The highest BCUT2D eigenvalue weighted by Crippen LogP contribution is 2.20. The van der Waals surface area contributed by atoms with Crippen LogP contribution in [0.25, 0.3) is 0 Å². The summed E-state index contributed by atoms with van der Waals surface area (Å²) in [7, 11) is 3.24. The van der Waals surface area contributed by atoms with E-state index >= 15 is 0 Å². The molecule has 0 spiro atoms. The molecule has 0 amide bonds. The van der Waals surface area contributed by atoms with E-state index in [1.807, 2.05) is 17.3 Å². The number of thiophene rings is 1. The van der Waals surface area contributed by atoms with Crippen LogP contribution in [0.15, 0.2) is 29.1 Å². The molecule has 0 saturated heterocycles. The van der Waals surface area contributed by atoms with Crippen molar-refractivity contribution < 1.29 is 9.53 Å². The highest BCUT2D eigenvalue weighted by Gasteiger charge is 2.13. The molecule has 2 rings (SSSR count). The van der Waals surface area contributed by atoms with E-state index in [1.165, 1.54) is 18.9 Å². The fourth-order valence-electron chi connectivity index (χ4n) is 1.69. The third kappa shape index (κ3) is 3.03. The summed E-state index contributed by atoms with van der Waals surface area (Å²) in [4.78, 5) is 17.8. The molecule has 0 aromatic carbocycles. The number of nitrogen functional groups attached to an aromatic ring is 1. The maximum Gasteiger partial charge on any atom is 0.340 e. The second kappa shape index (κ2) is 5.71. The Bertz CT molecular complexity index is 569. The number of hydrogen-bond donors (Lipinski definition) is 1. The van der Waals surface area contributed by atoms with Crippen molar-refractivity contribution in [2.45, 2.75) is 6.54 Å². The number of rotatable bonds is 4. The van der Waals surface area contributed by atoms with Crippen molar-refractivity contribution in [3.8, 4) is 0 Å². The molecule has 5 nitrogen and oxygen atoms in total. The summed E-state index contributed by atoms with van der Waals surface area (Å²) in [6, 6.07) is 3.70. The van der Waals surface area contributed by atoms with Gasteiger partial charge in [0.05, 0.1) is 24.6 Å². The van der Waals surface area contributed by atoms with Crippen LogP contribution in [-0.4, -0.2) is 25.1 Å². The summed E-state index contributed by atoms with van der Waals surface area (Å²) in [5, 5.41) is 4.11. The maximum atomic E-state index is 11.6. The van der Waals surface area contributed by atoms with Gasteiger partial charge in [0.25, 0.3) is 0 Å². The minimum atomic E-state index is -0.454. The molecule has 6 heteroatoms. The Morgan fingerprint density at radius 1 is 1.58 bits per heavy atom. The van der Waals surface area contributed by atoms with E-state index in [2.05, 4.69) is 16.4 Å². The van der Waals surface area contributed by atoms with Crippen LogP contribution in [0.4, 0.5) is 11.5 Å². The lowest BCUT2D eigenvalue weighted by atomic mass is 10.2. The van der Waals surface area contributed by atoms with Gasteiger partial charge in [0.15, 0.2) is 0 Å². The number of anilines is 2. The summed E-state index contributed by atoms with van der Waals surface area (Å²) in [6.07, 6.45) is 1.48. The molecule has 2 aromatic rings. The lowest BCUT2D eigenvalue weighted by molar-refractivity contribution is 0.0602. The van der Waals surface area contributed by atoms with Gasteiger partial charge in [-0.3, -0.25) is 0 Å². The molecule has 100 valence electrons. The third-order valence-electron chi connectivity index (χ3n) is 2.72. The monoisotopic (exact) mass is 277 g/mol. The zero-order chi connectivity index (χ0) is 13.8. The lowest BCUT2D eigenvalue weighted by Crippen LogP contribution is -2.18. The molecule has 0 aliphatic rings. The summed E-state index contributed by atoms with van der Waals surface area (Å²) in [6.45, 7) is 0.723. The summed E-state index contributed by atoms with van der Waals surface area (Å²) in [5.41, 5.74) is 7.58. The van der Waals surface area contributed by atoms with Gasteiger partial charge in [-0.05, 0) is 28.5 Å². The fourth-order valence-corrected chi connectivity index (χ4v) is 2.35. The Morgan fingerprint density at radius 3 is 3.00 bits per heavy atom. The van der Waals surface area contributed by atoms with Gasteiger partial charge in [-0.1, -0.05) is 0 Å². The van der Waals surface area contributed by atoms with Gasteiger partial charge in [0.1, 0.15) is 5.82 Å². The van der Waals surface area contributed by atoms with Crippen LogP contribution in [0.3, 0.4) is 0 Å². The van der Waals surface area contributed by atoms with Crippen molar-refractivity contribution in [2.75, 3.05) is 24.8 Å². The van der Waals surface area contributed by atoms with Gasteiger partial charge < -0.3 is 15.4 Å². The van der Waals surface area contributed by atoms with Crippen LogP contribution in [0, 0.1) is 0 Å². The van der Waals surface area contributed by atoms with E-state index in [0.717, 1.165) is 6.54 Å². The average Bonchev–Trinajstić information content (AvgIpc) is 2.91. The number of carbonyl (C=O) groups is 1. The highest BCUT2D eigenvalue weighted by molar-refractivity contribution is 7.07. The molecule has 0 aliphatic heterocycles. The normalized spacial score (nSPS) is 10.2. The van der Waals surface area contributed by atoms with Gasteiger partial charge in [-0.2, -0.15) is 11.3 Å². The Morgan fingerprint density at radius 2 is 2.37 bits per heavy atom. The lowest BCUT2D eigenvalue weighted by Gasteiger charge is -2.18. The van der Waals surface area contributed by atoms with Crippen LogP contribution in [0.1, 0.15) is 15.9 Å². The quantitative estimate of drug-likeness (QED) is 0.867. The minimum Gasteiger partial charge on any atom is -0.465 e. The van der Waals surface area contributed by atoms with Crippen LogP contribution >= 0.6 is 11.3 Å². The molecule has 2 N–H and O–H groups in total. The SMILES string of the molecule is COC(=O)c1cc(N(C)Cc2ccsc2)ncc1N. The maximum absolute atomic E-state index is 11.6. The molecule has 0 unspecified atom stereocenters. The van der Waals surface area contributed by atoms with E-state index in [4.69, 9.17) is 10.5 Å². The first-order valence-electron chi connectivity index (χ1n) is 5.68. The fraction of sp³-hybridized carbons (Fsp3) is 0.231. The highest BCUT2D eigenvalue weighted by atomic mass is 32.1. The third-order valence-corrected chi connectivity index (χ3v) is 3.45. The zero-order valence-corrected chi connectivity index (χ0v) is 11.6. The number of pyridine rings is 1. The Kier molecular flexibility index (Phi) is 4.01. The van der Waals surface area contributed by atoms with E-state index in [9.17, 15) is 4.79 Å². The molecule has 2 aromatic heterocycles. The topological polar surface area (TPSA) is 68.5 Å². The first kappa shape index (κ1) is 13.4. The second-order valence-corrected chi connectivity index (χ2v) is 4.89. The molecule has 0 aliphatic carbocycles. The number of esters is 1. The molecular formula is C13H15N3O2S. The van der Waals surface area contributed by atoms with Crippen molar-refractivity contribution in [3.63, 3.8) is 0 Å². The number of carbonyl (C=O) groups excluding carboxylic acids is 1. The van der Waals surface area contributed by atoms with E-state index in [0.29, 0.717) is 17.1 Å². The standard InChI is InChI=1S/C13H15N3O2S/c1-16(7-9-3-4-19-8-9)12-5-10(13(17)18-2)11(14)6-15-12/h3-6,8H,7,14H2,1-2H3. The van der Waals surface area contributed by atoms with E-state index in [1.54, 1.807) is 17.4 Å². The van der Waals surface area contributed by atoms with Crippen LogP contribution < -0.4 is 10.6 Å². The summed E-state index contributed by atoms with van der Waals surface area (Å²) >= 11 is 1.65. The number of nitrogens with two attached hydrogens (primary N) is 1. The number of hydrogen-bond acceptors (Lipinski definition) is 6.